The van der Waals surface area contributed by atoms with E-state index in [-0.39, 0.29) is 5.78 Å². The van der Waals surface area contributed by atoms with Gasteiger partial charge in [-0.25, -0.2) is 9.37 Å². The van der Waals surface area contributed by atoms with Gasteiger partial charge in [-0.2, -0.15) is 0 Å². The summed E-state index contributed by atoms with van der Waals surface area (Å²) in [5.74, 6) is -0.0633. The van der Waals surface area contributed by atoms with Crippen molar-refractivity contribution in [1.29, 1.82) is 0 Å². The van der Waals surface area contributed by atoms with Crippen molar-refractivity contribution >= 4 is 17.1 Å². The van der Waals surface area contributed by atoms with E-state index in [9.17, 15) is 9.18 Å². The van der Waals surface area contributed by atoms with E-state index in [4.69, 9.17) is 0 Å². The lowest BCUT2D eigenvalue weighted by molar-refractivity contribution is 0.101. The number of hydrogen-bond acceptors (Lipinski definition) is 3. The topological polar surface area (TPSA) is 37.6 Å². The van der Waals surface area contributed by atoms with Crippen molar-refractivity contribution in [3.8, 4) is 0 Å². The molecule has 0 spiro atoms. The summed E-state index contributed by atoms with van der Waals surface area (Å²) in [7, 11) is 0. The number of fused-ring (bicyclic) bond motifs is 1. The van der Waals surface area contributed by atoms with E-state index in [0.717, 1.165) is 5.69 Å². The Kier molecular flexibility index (Phi) is 2.14. The first-order valence-corrected chi connectivity index (χ1v) is 5.53. The first-order chi connectivity index (χ1) is 8.15. The Bertz CT molecular complexity index is 586. The van der Waals surface area contributed by atoms with Gasteiger partial charge in [-0.3, -0.25) is 4.79 Å². The van der Waals surface area contributed by atoms with Gasteiger partial charge in [0.15, 0.2) is 11.4 Å². The Morgan fingerprint density at radius 3 is 2.94 bits per heavy atom. The monoisotopic (exact) mass is 233 g/mol. The summed E-state index contributed by atoms with van der Waals surface area (Å²) in [5, 5.41) is 0. The molecule has 2 aromatic rings. The lowest BCUT2D eigenvalue weighted by atomic mass is 10.1. The van der Waals surface area contributed by atoms with E-state index in [1.54, 1.807) is 10.6 Å². The standard InChI is InChI=1S/C12H12FN3O/c1-8(17)10-7-15-4-2-3-11(12(15)14-10)16-5-9(13)6-16/h2-4,7,9H,5-6H2,1H3. The Morgan fingerprint density at radius 1 is 1.53 bits per heavy atom. The van der Waals surface area contributed by atoms with E-state index >= 15 is 0 Å². The van der Waals surface area contributed by atoms with Crippen molar-refractivity contribution in [2.24, 2.45) is 0 Å². The summed E-state index contributed by atoms with van der Waals surface area (Å²) < 4.78 is 14.7. The molecule has 0 aliphatic carbocycles. The van der Waals surface area contributed by atoms with Crippen molar-refractivity contribution < 1.29 is 9.18 Å². The SMILES string of the molecule is CC(=O)c1cn2cccc(N3CC(F)C3)c2n1. The molecule has 0 amide bonds. The average molecular weight is 233 g/mol. The van der Waals surface area contributed by atoms with Crippen LogP contribution in [0.3, 0.4) is 0 Å². The number of pyridine rings is 1. The molecule has 0 atom stereocenters. The molecular weight excluding hydrogens is 221 g/mol. The second-order valence-electron chi connectivity index (χ2n) is 4.31. The van der Waals surface area contributed by atoms with Gasteiger partial charge >= 0.3 is 0 Å². The minimum atomic E-state index is -0.752. The maximum Gasteiger partial charge on any atom is 0.179 e. The molecule has 17 heavy (non-hydrogen) atoms. The molecule has 0 radical (unpaired) electrons. The summed E-state index contributed by atoms with van der Waals surface area (Å²) in [6, 6.07) is 3.78. The third-order valence-corrected chi connectivity index (χ3v) is 3.00. The molecule has 88 valence electrons. The predicted octanol–water partition coefficient (Wildman–Crippen LogP) is 1.70. The van der Waals surface area contributed by atoms with Crippen LogP contribution in [0.4, 0.5) is 10.1 Å². The molecule has 3 rings (SSSR count). The van der Waals surface area contributed by atoms with Crippen molar-refractivity contribution in [3.05, 3.63) is 30.2 Å². The summed E-state index contributed by atoms with van der Waals surface area (Å²) >= 11 is 0. The van der Waals surface area contributed by atoms with E-state index in [1.807, 2.05) is 23.2 Å². The molecule has 1 aliphatic heterocycles. The number of Topliss-reactive ketones (excluding diaryl/α,β-unsaturated/α-hetero) is 1. The van der Waals surface area contributed by atoms with Crippen molar-refractivity contribution in [2.45, 2.75) is 13.1 Å². The molecule has 0 unspecified atom stereocenters. The van der Waals surface area contributed by atoms with Crippen molar-refractivity contribution in [3.63, 3.8) is 0 Å². The van der Waals surface area contributed by atoms with Crippen LogP contribution in [0.2, 0.25) is 0 Å². The summed E-state index contributed by atoms with van der Waals surface area (Å²) in [6.45, 7) is 2.30. The average Bonchev–Trinajstić information content (AvgIpc) is 2.68. The number of ketones is 1. The Balaban J connectivity index is 2.09. The maximum atomic E-state index is 12.9. The van der Waals surface area contributed by atoms with E-state index < -0.39 is 6.17 Å². The van der Waals surface area contributed by atoms with Crippen LogP contribution in [0, 0.1) is 0 Å². The van der Waals surface area contributed by atoms with Crippen LogP contribution < -0.4 is 4.90 Å². The number of rotatable bonds is 2. The van der Waals surface area contributed by atoms with E-state index in [1.165, 1.54) is 6.92 Å². The number of anilines is 1. The Morgan fingerprint density at radius 2 is 2.29 bits per heavy atom. The fourth-order valence-corrected chi connectivity index (χ4v) is 2.04. The van der Waals surface area contributed by atoms with Gasteiger partial charge in [0.1, 0.15) is 11.9 Å². The van der Waals surface area contributed by atoms with E-state index in [0.29, 0.717) is 24.4 Å². The molecule has 0 saturated carbocycles. The second kappa shape index (κ2) is 3.55. The largest absolute Gasteiger partial charge is 0.363 e. The molecule has 4 nitrogen and oxygen atoms in total. The zero-order valence-corrected chi connectivity index (χ0v) is 9.43. The fraction of sp³-hybridized carbons (Fsp3) is 0.333. The zero-order chi connectivity index (χ0) is 12.0. The van der Waals surface area contributed by atoms with Crippen molar-refractivity contribution in [1.82, 2.24) is 9.38 Å². The normalized spacial score (nSPS) is 16.2. The highest BCUT2D eigenvalue weighted by atomic mass is 19.1. The first-order valence-electron chi connectivity index (χ1n) is 5.53. The highest BCUT2D eigenvalue weighted by Gasteiger charge is 2.28. The van der Waals surface area contributed by atoms with Crippen LogP contribution in [-0.4, -0.2) is 34.4 Å². The number of aromatic nitrogens is 2. The number of alkyl halides is 1. The fourth-order valence-electron chi connectivity index (χ4n) is 2.04. The van der Waals surface area contributed by atoms with Crippen molar-refractivity contribution in [2.75, 3.05) is 18.0 Å². The van der Waals surface area contributed by atoms with Crippen LogP contribution in [0.25, 0.3) is 5.65 Å². The van der Waals surface area contributed by atoms with E-state index in [2.05, 4.69) is 4.98 Å². The van der Waals surface area contributed by atoms with Crippen LogP contribution in [0.15, 0.2) is 24.5 Å². The number of carbonyl (C=O) groups excluding carboxylic acids is 1. The van der Waals surface area contributed by atoms with Gasteiger partial charge in [0.2, 0.25) is 0 Å². The second-order valence-corrected chi connectivity index (χ2v) is 4.31. The number of halogens is 1. The smallest absolute Gasteiger partial charge is 0.179 e. The molecule has 0 aromatic carbocycles. The molecule has 1 fully saturated rings. The molecule has 1 saturated heterocycles. The van der Waals surface area contributed by atoms with Crippen LogP contribution in [-0.2, 0) is 0 Å². The molecule has 2 aromatic heterocycles. The zero-order valence-electron chi connectivity index (χ0n) is 9.43. The number of imidazole rings is 1. The van der Waals surface area contributed by atoms with Gasteiger partial charge < -0.3 is 9.30 Å². The Hall–Kier alpha value is -1.91. The van der Waals surface area contributed by atoms with Gasteiger partial charge in [0.25, 0.3) is 0 Å². The predicted molar refractivity (Wildman–Crippen MR) is 62.3 cm³/mol. The minimum absolute atomic E-state index is 0.0633. The van der Waals surface area contributed by atoms with Crippen LogP contribution in [0.1, 0.15) is 17.4 Å². The third kappa shape index (κ3) is 1.58. The maximum absolute atomic E-state index is 12.9. The molecule has 5 heteroatoms. The highest BCUT2D eigenvalue weighted by Crippen LogP contribution is 2.26. The van der Waals surface area contributed by atoms with Gasteiger partial charge in [-0.05, 0) is 12.1 Å². The van der Waals surface area contributed by atoms with Crippen LogP contribution >= 0.6 is 0 Å². The summed E-state index contributed by atoms with van der Waals surface area (Å²) in [4.78, 5) is 17.5. The summed E-state index contributed by atoms with van der Waals surface area (Å²) in [5.41, 5.74) is 2.04. The molecule has 0 bridgehead atoms. The molecule has 1 aliphatic rings. The molecular formula is C12H12FN3O. The molecule has 3 heterocycles. The highest BCUT2D eigenvalue weighted by molar-refractivity contribution is 5.93. The van der Waals surface area contributed by atoms with Gasteiger partial charge in [0, 0.05) is 19.3 Å². The third-order valence-electron chi connectivity index (χ3n) is 3.00. The number of nitrogens with zero attached hydrogens (tertiary/aromatic N) is 3. The first kappa shape index (κ1) is 10.3. The summed E-state index contributed by atoms with van der Waals surface area (Å²) in [6.07, 6.45) is 2.79. The van der Waals surface area contributed by atoms with Crippen LogP contribution in [0.5, 0.6) is 0 Å². The van der Waals surface area contributed by atoms with Gasteiger partial charge in [0.05, 0.1) is 18.8 Å². The molecule has 0 N–H and O–H groups in total. The lowest BCUT2D eigenvalue weighted by Crippen LogP contribution is -2.48. The van der Waals surface area contributed by atoms with Gasteiger partial charge in [-0.1, -0.05) is 0 Å². The lowest BCUT2D eigenvalue weighted by Gasteiger charge is -2.36. The minimum Gasteiger partial charge on any atom is -0.363 e. The van der Waals surface area contributed by atoms with Gasteiger partial charge in [-0.15, -0.1) is 0 Å². The number of hydrogen-bond donors (Lipinski definition) is 0. The number of carbonyl (C=O) groups is 1. The quantitative estimate of drug-likeness (QED) is 0.741. The Labute approximate surface area is 97.7 Å².